The minimum absolute atomic E-state index is 0.348. The maximum absolute atomic E-state index is 9.80. The fraction of sp³-hybridized carbons (Fsp3) is 0.667. The molecule has 3 heteroatoms. The Bertz CT molecular complexity index is 248. The van der Waals surface area contributed by atoms with Crippen molar-refractivity contribution in [1.82, 2.24) is 5.32 Å². The van der Waals surface area contributed by atoms with E-state index in [0.717, 1.165) is 11.4 Å². The van der Waals surface area contributed by atoms with Crippen molar-refractivity contribution in [2.45, 2.75) is 32.8 Å². The van der Waals surface area contributed by atoms with E-state index < -0.39 is 0 Å². The van der Waals surface area contributed by atoms with Gasteiger partial charge in [0.25, 0.3) is 0 Å². The van der Waals surface area contributed by atoms with Gasteiger partial charge in [0.05, 0.1) is 0 Å². The van der Waals surface area contributed by atoms with E-state index in [0.29, 0.717) is 12.5 Å². The zero-order chi connectivity index (χ0) is 11.1. The summed E-state index contributed by atoms with van der Waals surface area (Å²) in [5, 5.41) is 15.1. The molecule has 0 saturated heterocycles. The fourth-order valence-corrected chi connectivity index (χ4v) is 2.35. The molecule has 1 aromatic heterocycles. The molecule has 1 rings (SSSR count). The molecule has 0 amide bonds. The average molecular weight is 227 g/mol. The molecule has 2 N–H and O–H groups in total. The van der Waals surface area contributed by atoms with Gasteiger partial charge in [-0.25, -0.2) is 0 Å². The first-order valence-corrected chi connectivity index (χ1v) is 6.54. The van der Waals surface area contributed by atoms with E-state index in [2.05, 4.69) is 19.2 Å². The molecule has 0 radical (unpaired) electrons. The molecule has 1 aromatic rings. The van der Waals surface area contributed by atoms with Crippen LogP contribution in [0.2, 0.25) is 0 Å². The molecule has 0 fully saturated rings. The zero-order valence-corrected chi connectivity index (χ0v) is 10.4. The van der Waals surface area contributed by atoms with E-state index in [1.165, 1.54) is 12.8 Å². The van der Waals surface area contributed by atoms with Crippen LogP contribution in [-0.4, -0.2) is 18.2 Å². The van der Waals surface area contributed by atoms with E-state index in [4.69, 9.17) is 0 Å². The molecular weight excluding hydrogens is 206 g/mol. The third kappa shape index (κ3) is 4.78. The molecule has 15 heavy (non-hydrogen) atoms. The highest BCUT2D eigenvalue weighted by Gasteiger charge is 2.08. The standard InChI is InChI=1S/C12H21NOS/c1-3-5-10(2)8-13-9-11(14)12-6-4-7-15-12/h4,6-7,10-11,13-14H,3,5,8-9H2,1-2H3. The minimum Gasteiger partial charge on any atom is -0.386 e. The number of aliphatic hydroxyl groups excluding tert-OH is 1. The first-order valence-electron chi connectivity index (χ1n) is 5.66. The second-order valence-corrected chi connectivity index (χ2v) is 5.06. The smallest absolute Gasteiger partial charge is 0.101 e. The summed E-state index contributed by atoms with van der Waals surface area (Å²) >= 11 is 1.61. The highest BCUT2D eigenvalue weighted by atomic mass is 32.1. The number of hydrogen-bond donors (Lipinski definition) is 2. The molecular formula is C12H21NOS. The van der Waals surface area contributed by atoms with Crippen LogP contribution in [0.5, 0.6) is 0 Å². The highest BCUT2D eigenvalue weighted by Crippen LogP contribution is 2.17. The molecule has 0 aliphatic rings. The van der Waals surface area contributed by atoms with Crippen LogP contribution in [0, 0.1) is 5.92 Å². The average Bonchev–Trinajstić information content (AvgIpc) is 2.70. The number of rotatable bonds is 7. The number of hydrogen-bond acceptors (Lipinski definition) is 3. The summed E-state index contributed by atoms with van der Waals surface area (Å²) in [5.74, 6) is 0.700. The summed E-state index contributed by atoms with van der Waals surface area (Å²) in [6.45, 7) is 6.11. The third-order valence-electron chi connectivity index (χ3n) is 2.48. The summed E-state index contributed by atoms with van der Waals surface area (Å²) < 4.78 is 0. The van der Waals surface area contributed by atoms with Crippen molar-refractivity contribution >= 4 is 11.3 Å². The summed E-state index contributed by atoms with van der Waals surface area (Å²) in [6, 6.07) is 3.95. The summed E-state index contributed by atoms with van der Waals surface area (Å²) in [7, 11) is 0. The van der Waals surface area contributed by atoms with Gasteiger partial charge in [0.2, 0.25) is 0 Å². The second-order valence-electron chi connectivity index (χ2n) is 4.08. The van der Waals surface area contributed by atoms with Crippen LogP contribution in [0.15, 0.2) is 17.5 Å². The van der Waals surface area contributed by atoms with Crippen LogP contribution in [-0.2, 0) is 0 Å². The topological polar surface area (TPSA) is 32.3 Å². The molecule has 0 bridgehead atoms. The molecule has 0 saturated carbocycles. The first-order chi connectivity index (χ1) is 7.24. The van der Waals surface area contributed by atoms with E-state index >= 15 is 0 Å². The van der Waals surface area contributed by atoms with Gasteiger partial charge < -0.3 is 10.4 Å². The Morgan fingerprint density at radius 3 is 2.87 bits per heavy atom. The van der Waals surface area contributed by atoms with Gasteiger partial charge in [-0.2, -0.15) is 0 Å². The fourth-order valence-electron chi connectivity index (χ4n) is 1.64. The summed E-state index contributed by atoms with van der Waals surface area (Å²) in [6.07, 6.45) is 2.14. The van der Waals surface area contributed by atoms with E-state index in [9.17, 15) is 5.11 Å². The minimum atomic E-state index is -0.348. The van der Waals surface area contributed by atoms with Gasteiger partial charge in [0, 0.05) is 11.4 Å². The molecule has 2 atom stereocenters. The number of nitrogens with one attached hydrogen (secondary N) is 1. The largest absolute Gasteiger partial charge is 0.386 e. The molecule has 1 heterocycles. The van der Waals surface area contributed by atoms with Crippen LogP contribution in [0.25, 0.3) is 0 Å². The lowest BCUT2D eigenvalue weighted by Gasteiger charge is -2.13. The summed E-state index contributed by atoms with van der Waals surface area (Å²) in [5.41, 5.74) is 0. The normalized spacial score (nSPS) is 15.1. The Labute approximate surface area is 96.3 Å². The first kappa shape index (κ1) is 12.7. The van der Waals surface area contributed by atoms with Crippen molar-refractivity contribution in [2.24, 2.45) is 5.92 Å². The monoisotopic (exact) mass is 227 g/mol. The molecule has 0 aromatic carbocycles. The van der Waals surface area contributed by atoms with Gasteiger partial charge >= 0.3 is 0 Å². The van der Waals surface area contributed by atoms with Gasteiger partial charge in [-0.1, -0.05) is 26.3 Å². The predicted molar refractivity (Wildman–Crippen MR) is 66.2 cm³/mol. The predicted octanol–water partition coefficient (Wildman–Crippen LogP) is 2.81. The molecule has 0 spiro atoms. The van der Waals surface area contributed by atoms with E-state index in [1.807, 2.05) is 17.5 Å². The SMILES string of the molecule is CCCC(C)CNCC(O)c1cccs1. The van der Waals surface area contributed by atoms with Crippen molar-refractivity contribution in [3.8, 4) is 0 Å². The van der Waals surface area contributed by atoms with Gasteiger partial charge in [0.15, 0.2) is 0 Å². The van der Waals surface area contributed by atoms with Crippen LogP contribution >= 0.6 is 11.3 Å². The lowest BCUT2D eigenvalue weighted by atomic mass is 10.1. The summed E-state index contributed by atoms with van der Waals surface area (Å²) in [4.78, 5) is 1.05. The quantitative estimate of drug-likeness (QED) is 0.750. The molecule has 0 aliphatic carbocycles. The molecule has 86 valence electrons. The third-order valence-corrected chi connectivity index (χ3v) is 3.46. The van der Waals surface area contributed by atoms with Crippen molar-refractivity contribution in [3.63, 3.8) is 0 Å². The zero-order valence-electron chi connectivity index (χ0n) is 9.57. The van der Waals surface area contributed by atoms with Crippen LogP contribution in [0.3, 0.4) is 0 Å². The van der Waals surface area contributed by atoms with E-state index in [-0.39, 0.29) is 6.10 Å². The Hall–Kier alpha value is -0.380. The van der Waals surface area contributed by atoms with Gasteiger partial charge in [-0.15, -0.1) is 11.3 Å². The van der Waals surface area contributed by atoms with Crippen LogP contribution in [0.4, 0.5) is 0 Å². The van der Waals surface area contributed by atoms with Crippen LogP contribution < -0.4 is 5.32 Å². The lowest BCUT2D eigenvalue weighted by molar-refractivity contribution is 0.176. The van der Waals surface area contributed by atoms with Crippen LogP contribution in [0.1, 0.15) is 37.7 Å². The van der Waals surface area contributed by atoms with Gasteiger partial charge in [-0.3, -0.25) is 0 Å². The maximum atomic E-state index is 9.80. The van der Waals surface area contributed by atoms with Crippen molar-refractivity contribution < 1.29 is 5.11 Å². The number of thiophene rings is 1. The van der Waals surface area contributed by atoms with E-state index in [1.54, 1.807) is 11.3 Å². The molecule has 2 unspecified atom stereocenters. The Morgan fingerprint density at radius 1 is 1.47 bits per heavy atom. The van der Waals surface area contributed by atoms with Gasteiger partial charge in [0.1, 0.15) is 6.10 Å². The molecule has 0 aliphatic heterocycles. The van der Waals surface area contributed by atoms with Crippen molar-refractivity contribution in [3.05, 3.63) is 22.4 Å². The number of aliphatic hydroxyl groups is 1. The van der Waals surface area contributed by atoms with Crippen molar-refractivity contribution in [2.75, 3.05) is 13.1 Å². The van der Waals surface area contributed by atoms with Gasteiger partial charge in [-0.05, 0) is 30.3 Å². The Morgan fingerprint density at radius 2 is 2.27 bits per heavy atom. The Balaban J connectivity index is 2.15. The molecule has 2 nitrogen and oxygen atoms in total. The van der Waals surface area contributed by atoms with Crippen molar-refractivity contribution in [1.29, 1.82) is 0 Å². The lowest BCUT2D eigenvalue weighted by Crippen LogP contribution is -2.25. The maximum Gasteiger partial charge on any atom is 0.101 e. The Kier molecular flexibility index (Phi) is 5.91. The highest BCUT2D eigenvalue weighted by molar-refractivity contribution is 7.10. The second kappa shape index (κ2) is 6.99.